The third kappa shape index (κ3) is 7.10. The van der Waals surface area contributed by atoms with Crippen LogP contribution in [0.1, 0.15) is 48.4 Å². The van der Waals surface area contributed by atoms with Crippen molar-refractivity contribution in [3.8, 4) is 5.75 Å². The number of anilines is 2. The fraction of sp³-hybridized carbons (Fsp3) is 0.244. The Labute approximate surface area is 281 Å². The zero-order chi connectivity index (χ0) is 33.5. The monoisotopic (exact) mass is 638 g/mol. The Balaban J connectivity index is 0.000000307. The number of nitrogens with zero attached hydrogens (tertiary/aromatic N) is 3. The molecule has 0 fully saturated rings. The molecule has 0 bridgehead atoms. The predicted molar refractivity (Wildman–Crippen MR) is 194 cm³/mol. The maximum absolute atomic E-state index is 11.5. The van der Waals surface area contributed by atoms with Crippen LogP contribution in [0.3, 0.4) is 0 Å². The Morgan fingerprint density at radius 1 is 0.833 bits per heavy atom. The van der Waals surface area contributed by atoms with E-state index >= 15 is 0 Å². The maximum atomic E-state index is 11.5. The Morgan fingerprint density at radius 3 is 2.35 bits per heavy atom. The van der Waals surface area contributed by atoms with Gasteiger partial charge in [-0.2, -0.15) is 0 Å². The molecule has 7 nitrogen and oxygen atoms in total. The summed E-state index contributed by atoms with van der Waals surface area (Å²) >= 11 is 0. The highest BCUT2D eigenvalue weighted by Gasteiger charge is 2.27. The fourth-order valence-electron chi connectivity index (χ4n) is 6.97. The number of aromatic hydroxyl groups is 1. The number of hydrazine groups is 1. The molecule has 2 aliphatic carbocycles. The van der Waals surface area contributed by atoms with Gasteiger partial charge >= 0.3 is 0 Å². The van der Waals surface area contributed by atoms with E-state index in [1.54, 1.807) is 6.07 Å². The van der Waals surface area contributed by atoms with Gasteiger partial charge in [-0.1, -0.05) is 55.5 Å². The number of carbonyl (C=O) groups excluding carboxylic acids is 2. The highest BCUT2D eigenvalue weighted by atomic mass is 16.3. The van der Waals surface area contributed by atoms with Crippen molar-refractivity contribution in [1.82, 2.24) is 5.01 Å². The molecular formula is C41H42N4O3. The van der Waals surface area contributed by atoms with E-state index in [9.17, 15) is 14.7 Å². The Kier molecular flexibility index (Phi) is 10.1. The van der Waals surface area contributed by atoms with Crippen molar-refractivity contribution in [2.24, 2.45) is 10.9 Å². The van der Waals surface area contributed by atoms with Gasteiger partial charge in [0, 0.05) is 56.2 Å². The van der Waals surface area contributed by atoms with Crippen molar-refractivity contribution in [3.05, 3.63) is 128 Å². The molecule has 0 saturated heterocycles. The molecule has 1 aliphatic heterocycles. The van der Waals surface area contributed by atoms with E-state index in [0.29, 0.717) is 37.5 Å². The molecule has 0 amide bonds. The van der Waals surface area contributed by atoms with Crippen LogP contribution in [0, 0.1) is 16.4 Å². The van der Waals surface area contributed by atoms with Gasteiger partial charge in [0.15, 0.2) is 0 Å². The minimum Gasteiger partial charge on any atom is -0.508 e. The number of phenolic OH excluding ortho intramolecular Hbond substituents is 1. The van der Waals surface area contributed by atoms with Gasteiger partial charge in [-0.05, 0) is 111 Å². The summed E-state index contributed by atoms with van der Waals surface area (Å²) in [5.74, 6) is 0.706. The number of carbonyl (C=O) groups is 2. The molecule has 0 aromatic heterocycles. The van der Waals surface area contributed by atoms with E-state index in [1.807, 2.05) is 54.9 Å². The minimum absolute atomic E-state index is 0.282. The molecule has 1 heterocycles. The number of hydrogen-bond donors (Lipinski definition) is 2. The van der Waals surface area contributed by atoms with Crippen LogP contribution in [0.25, 0.3) is 17.8 Å². The van der Waals surface area contributed by atoms with E-state index in [-0.39, 0.29) is 5.75 Å². The first kappa shape index (κ1) is 32.5. The number of phenols is 1. The maximum Gasteiger partial charge on any atom is 0.121 e. The minimum atomic E-state index is 0.282. The summed E-state index contributed by atoms with van der Waals surface area (Å²) in [4.78, 5) is 27.0. The lowest BCUT2D eigenvalue weighted by molar-refractivity contribution is -0.109. The standard InChI is InChI=1S/C31H33N3O3.C10H9N/c1-21-18-30-28-10-4-22-20-25(37)9-11-26(22)27(28)12-13-29(30)31(19-21)34(15-3-17-36)33(14-2-16-35)24-7-5-23(32)6-8-24;1-2-4-10-6-8-11-7-5-9(10)3-1/h4-9,11-13,16-17,20-21,37H,2-3,10,14-15,18-19,32H2,1H3;1-5,7-8H,6H2. The number of aliphatic imine (C=N–C) groups is 1. The normalized spacial score (nSPS) is 15.3. The molecule has 48 heavy (non-hydrogen) atoms. The first-order chi connectivity index (χ1) is 23.5. The Bertz CT molecular complexity index is 2090. The highest BCUT2D eigenvalue weighted by Crippen LogP contribution is 2.30. The average molecular weight is 639 g/mol. The molecule has 1 atom stereocenters. The van der Waals surface area contributed by atoms with Gasteiger partial charge in [-0.25, -0.2) is 0 Å². The fourth-order valence-corrected chi connectivity index (χ4v) is 6.97. The Hall–Kier alpha value is -5.43. The van der Waals surface area contributed by atoms with Crippen LogP contribution in [0.5, 0.6) is 5.75 Å². The number of rotatable bonds is 9. The molecule has 3 N–H and O–H groups in total. The summed E-state index contributed by atoms with van der Waals surface area (Å²) < 4.78 is 0. The number of nitrogen functional groups attached to an aromatic ring is 1. The highest BCUT2D eigenvalue weighted by molar-refractivity contribution is 5.70. The number of nitrogens with two attached hydrogens (primary N) is 1. The third-order valence-electron chi connectivity index (χ3n) is 9.21. The van der Waals surface area contributed by atoms with Crippen molar-refractivity contribution in [2.45, 2.75) is 45.4 Å². The SMILES string of the molecule is C1=Cc2ccccc2CC=N1.CC1CC(N(CCC=O)N(CCC=O)c2ccc(N)cc2)=c2ccc3c(c2C1)CC=c1cc(O)ccc1=3. The molecule has 1 unspecified atom stereocenters. The van der Waals surface area contributed by atoms with Crippen molar-refractivity contribution in [2.75, 3.05) is 23.8 Å². The number of benzene rings is 4. The zero-order valence-electron chi connectivity index (χ0n) is 27.4. The van der Waals surface area contributed by atoms with Gasteiger partial charge in [0.25, 0.3) is 0 Å². The molecule has 0 spiro atoms. The first-order valence-electron chi connectivity index (χ1n) is 16.7. The molecule has 3 aliphatic rings. The number of fused-ring (bicyclic) bond motifs is 5. The van der Waals surface area contributed by atoms with Crippen molar-refractivity contribution in [1.29, 1.82) is 0 Å². The summed E-state index contributed by atoms with van der Waals surface area (Å²) in [5, 5.41) is 18.9. The molecule has 0 radical (unpaired) electrons. The topological polar surface area (TPSA) is 99.2 Å². The van der Waals surface area contributed by atoms with Gasteiger partial charge in [-0.15, -0.1) is 0 Å². The third-order valence-corrected chi connectivity index (χ3v) is 9.21. The van der Waals surface area contributed by atoms with Crippen LogP contribution in [0.4, 0.5) is 11.4 Å². The van der Waals surface area contributed by atoms with Gasteiger partial charge in [0.05, 0.1) is 5.69 Å². The molecule has 244 valence electrons. The van der Waals surface area contributed by atoms with Gasteiger partial charge in [0.1, 0.15) is 18.3 Å². The molecule has 0 saturated carbocycles. The molecule has 4 aromatic rings. The van der Waals surface area contributed by atoms with E-state index < -0.39 is 0 Å². The number of hydrogen-bond acceptors (Lipinski definition) is 7. The second-order valence-electron chi connectivity index (χ2n) is 12.6. The molecule has 7 heteroatoms. The summed E-state index contributed by atoms with van der Waals surface area (Å²) in [6.45, 7) is 3.31. The molecule has 4 aromatic carbocycles. The van der Waals surface area contributed by atoms with Crippen molar-refractivity contribution < 1.29 is 14.7 Å². The molecule has 7 rings (SSSR count). The lowest BCUT2D eigenvalue weighted by Crippen LogP contribution is -2.47. The van der Waals surface area contributed by atoms with E-state index in [0.717, 1.165) is 54.4 Å². The van der Waals surface area contributed by atoms with E-state index in [2.05, 4.69) is 64.4 Å². The van der Waals surface area contributed by atoms with E-state index in [4.69, 9.17) is 5.73 Å². The smallest absolute Gasteiger partial charge is 0.121 e. The lowest BCUT2D eigenvalue weighted by atomic mass is 9.83. The summed E-state index contributed by atoms with van der Waals surface area (Å²) in [7, 11) is 0. The van der Waals surface area contributed by atoms with Crippen LogP contribution >= 0.6 is 0 Å². The summed E-state index contributed by atoms with van der Waals surface area (Å²) in [6.07, 6.45) is 14.3. The quantitative estimate of drug-likeness (QED) is 0.143. The zero-order valence-corrected chi connectivity index (χ0v) is 27.4. The summed E-state index contributed by atoms with van der Waals surface area (Å²) in [5.41, 5.74) is 14.1. The van der Waals surface area contributed by atoms with Gasteiger partial charge < -0.3 is 20.4 Å². The first-order valence-corrected chi connectivity index (χ1v) is 16.7. The second kappa shape index (κ2) is 15.0. The van der Waals surface area contributed by atoms with Crippen LogP contribution in [-0.2, 0) is 28.9 Å². The van der Waals surface area contributed by atoms with Crippen LogP contribution < -0.4 is 21.2 Å². The largest absolute Gasteiger partial charge is 0.508 e. The van der Waals surface area contributed by atoms with Gasteiger partial charge in [-0.3, -0.25) is 15.0 Å². The van der Waals surface area contributed by atoms with Crippen molar-refractivity contribution in [3.63, 3.8) is 0 Å². The average Bonchev–Trinajstić information content (AvgIpc) is 3.35. The second-order valence-corrected chi connectivity index (χ2v) is 12.6. The van der Waals surface area contributed by atoms with Crippen molar-refractivity contribution >= 4 is 48.0 Å². The lowest BCUT2D eigenvalue weighted by Gasteiger charge is -2.42. The Morgan fingerprint density at radius 2 is 1.56 bits per heavy atom. The molecular weight excluding hydrogens is 596 g/mol. The van der Waals surface area contributed by atoms with Crippen LogP contribution in [0.15, 0.2) is 90.1 Å². The summed E-state index contributed by atoms with van der Waals surface area (Å²) in [6, 6.07) is 26.0. The number of aldehydes is 2. The van der Waals surface area contributed by atoms with Crippen LogP contribution in [-0.4, -0.2) is 42.0 Å². The van der Waals surface area contributed by atoms with Crippen LogP contribution in [0.2, 0.25) is 0 Å². The van der Waals surface area contributed by atoms with Gasteiger partial charge in [0.2, 0.25) is 0 Å². The van der Waals surface area contributed by atoms with E-state index in [1.165, 1.54) is 38.4 Å². The predicted octanol–water partition coefficient (Wildman–Crippen LogP) is 5.47.